The highest BCUT2D eigenvalue weighted by molar-refractivity contribution is 5.94. The van der Waals surface area contributed by atoms with E-state index in [-0.39, 0.29) is 23.6 Å². The number of piperazine rings is 1. The molecule has 2 aromatic carbocycles. The molecule has 0 spiro atoms. The number of carbonyl (C=O) groups is 1. The summed E-state index contributed by atoms with van der Waals surface area (Å²) in [6.45, 7) is 11.6. The monoisotopic (exact) mass is 505 g/mol. The number of alkyl halides is 3. The first-order chi connectivity index (χ1) is 17.1. The van der Waals surface area contributed by atoms with E-state index >= 15 is 0 Å². The average molecular weight is 506 g/mol. The molecule has 8 heteroatoms. The van der Waals surface area contributed by atoms with Crippen LogP contribution in [-0.4, -0.2) is 54.5 Å². The Labute approximate surface area is 212 Å². The van der Waals surface area contributed by atoms with Gasteiger partial charge in [0.05, 0.1) is 11.7 Å². The average Bonchev–Trinajstić information content (AvgIpc) is 2.86. The van der Waals surface area contributed by atoms with Crippen molar-refractivity contribution in [2.45, 2.75) is 65.3 Å². The Morgan fingerprint density at radius 1 is 1.00 bits per heavy atom. The minimum atomic E-state index is -4.41. The number of hydrogen-bond donors (Lipinski definition) is 1. The lowest BCUT2D eigenvalue weighted by Gasteiger charge is -2.39. The Bertz CT molecular complexity index is 1010. The molecule has 2 unspecified atom stereocenters. The SMILES string of the molecule is CCCC(CCN)Oc1ccc(C(C)N2CCN(C(=O)c3ccc(C(F)(F)F)cc3)CC2)c(C)c1C. The summed E-state index contributed by atoms with van der Waals surface area (Å²) in [5, 5.41) is 0. The van der Waals surface area contributed by atoms with E-state index in [0.29, 0.717) is 32.7 Å². The Kier molecular flexibility index (Phi) is 9.41. The zero-order valence-electron chi connectivity index (χ0n) is 21.7. The van der Waals surface area contributed by atoms with Gasteiger partial charge in [0.25, 0.3) is 5.91 Å². The third kappa shape index (κ3) is 6.59. The second-order valence-electron chi connectivity index (χ2n) is 9.59. The molecule has 0 saturated carbocycles. The van der Waals surface area contributed by atoms with E-state index in [0.717, 1.165) is 42.7 Å². The highest BCUT2D eigenvalue weighted by atomic mass is 19.4. The van der Waals surface area contributed by atoms with Crippen LogP contribution in [0.25, 0.3) is 0 Å². The maximum absolute atomic E-state index is 12.8. The second kappa shape index (κ2) is 12.1. The van der Waals surface area contributed by atoms with Crippen molar-refractivity contribution in [3.8, 4) is 5.75 Å². The molecule has 1 aliphatic rings. The molecule has 1 saturated heterocycles. The quantitative estimate of drug-likeness (QED) is 0.472. The van der Waals surface area contributed by atoms with Crippen LogP contribution in [0.3, 0.4) is 0 Å². The van der Waals surface area contributed by atoms with Gasteiger partial charge in [-0.2, -0.15) is 13.2 Å². The van der Waals surface area contributed by atoms with Gasteiger partial charge in [-0.1, -0.05) is 19.4 Å². The molecule has 1 amide bonds. The van der Waals surface area contributed by atoms with Crippen molar-refractivity contribution in [3.05, 3.63) is 64.2 Å². The number of carbonyl (C=O) groups excluding carboxylic acids is 1. The molecular formula is C28H38F3N3O2. The summed E-state index contributed by atoms with van der Waals surface area (Å²) in [6.07, 6.45) is -1.43. The van der Waals surface area contributed by atoms with Crippen LogP contribution in [0.2, 0.25) is 0 Å². The molecule has 2 N–H and O–H groups in total. The van der Waals surface area contributed by atoms with E-state index in [4.69, 9.17) is 10.5 Å². The number of hydrogen-bond acceptors (Lipinski definition) is 4. The maximum Gasteiger partial charge on any atom is 0.416 e. The molecule has 3 rings (SSSR count). The van der Waals surface area contributed by atoms with Crippen LogP contribution in [0.15, 0.2) is 36.4 Å². The smallest absolute Gasteiger partial charge is 0.416 e. The van der Waals surface area contributed by atoms with Gasteiger partial charge in [0.2, 0.25) is 0 Å². The van der Waals surface area contributed by atoms with E-state index in [1.807, 2.05) is 0 Å². The lowest BCUT2D eigenvalue weighted by molar-refractivity contribution is -0.137. The Morgan fingerprint density at radius 3 is 2.19 bits per heavy atom. The van der Waals surface area contributed by atoms with E-state index in [2.05, 4.69) is 44.7 Å². The fourth-order valence-corrected chi connectivity index (χ4v) is 4.84. The first-order valence-electron chi connectivity index (χ1n) is 12.7. The summed E-state index contributed by atoms with van der Waals surface area (Å²) in [6, 6.07) is 8.79. The number of nitrogens with zero attached hydrogens (tertiary/aromatic N) is 2. The molecule has 1 fully saturated rings. The summed E-state index contributed by atoms with van der Waals surface area (Å²) >= 11 is 0. The zero-order valence-corrected chi connectivity index (χ0v) is 21.7. The van der Waals surface area contributed by atoms with Crippen LogP contribution in [-0.2, 0) is 6.18 Å². The minimum Gasteiger partial charge on any atom is -0.490 e. The molecule has 0 radical (unpaired) electrons. The molecule has 0 bridgehead atoms. The summed E-state index contributed by atoms with van der Waals surface area (Å²) in [7, 11) is 0. The standard InChI is InChI=1S/C28H38F3N3O2/c1-5-6-24(13-14-32)36-26-12-11-25(19(2)20(26)3)21(4)33-15-17-34(18-16-33)27(35)22-7-9-23(10-8-22)28(29,30)31/h7-12,21,24H,5-6,13-18,32H2,1-4H3. The maximum atomic E-state index is 12.8. The van der Waals surface area contributed by atoms with Crippen LogP contribution >= 0.6 is 0 Å². The van der Waals surface area contributed by atoms with Crippen molar-refractivity contribution in [3.63, 3.8) is 0 Å². The highest BCUT2D eigenvalue weighted by Crippen LogP contribution is 2.33. The normalized spacial score (nSPS) is 16.6. The molecular weight excluding hydrogens is 467 g/mol. The summed E-state index contributed by atoms with van der Waals surface area (Å²) < 4.78 is 44.7. The number of amides is 1. The number of nitrogens with two attached hydrogens (primary N) is 1. The van der Waals surface area contributed by atoms with E-state index < -0.39 is 11.7 Å². The number of benzene rings is 2. The minimum absolute atomic E-state index is 0.122. The fourth-order valence-electron chi connectivity index (χ4n) is 4.84. The lowest BCUT2D eigenvalue weighted by Crippen LogP contribution is -2.49. The van der Waals surface area contributed by atoms with Crippen LogP contribution in [0.5, 0.6) is 5.75 Å². The molecule has 5 nitrogen and oxygen atoms in total. The second-order valence-corrected chi connectivity index (χ2v) is 9.59. The van der Waals surface area contributed by atoms with Crippen LogP contribution in [0.4, 0.5) is 13.2 Å². The van der Waals surface area contributed by atoms with Gasteiger partial charge in [-0.05, 0) is 87.2 Å². The number of halogens is 3. The fraction of sp³-hybridized carbons (Fsp3) is 0.536. The van der Waals surface area contributed by atoms with Gasteiger partial charge < -0.3 is 15.4 Å². The van der Waals surface area contributed by atoms with Crippen LogP contribution in [0, 0.1) is 13.8 Å². The van der Waals surface area contributed by atoms with Crippen LogP contribution < -0.4 is 10.5 Å². The first kappa shape index (κ1) is 28.0. The van der Waals surface area contributed by atoms with Gasteiger partial charge in [0.1, 0.15) is 5.75 Å². The summed E-state index contributed by atoms with van der Waals surface area (Å²) in [4.78, 5) is 16.9. The first-order valence-corrected chi connectivity index (χ1v) is 12.7. The third-order valence-corrected chi connectivity index (χ3v) is 7.23. The van der Waals surface area contributed by atoms with Gasteiger partial charge in [-0.25, -0.2) is 0 Å². The van der Waals surface area contributed by atoms with Crippen molar-refractivity contribution < 1.29 is 22.7 Å². The lowest BCUT2D eigenvalue weighted by atomic mass is 9.96. The van der Waals surface area contributed by atoms with Crippen molar-refractivity contribution in [1.29, 1.82) is 0 Å². The number of ether oxygens (including phenoxy) is 1. The molecule has 0 aromatic heterocycles. The molecule has 2 atom stereocenters. The largest absolute Gasteiger partial charge is 0.490 e. The van der Waals surface area contributed by atoms with Crippen molar-refractivity contribution in [2.75, 3.05) is 32.7 Å². The Hall–Kier alpha value is -2.58. The summed E-state index contributed by atoms with van der Waals surface area (Å²) in [5.41, 5.74) is 8.85. The number of rotatable bonds is 9. The molecule has 2 aromatic rings. The van der Waals surface area contributed by atoms with Crippen molar-refractivity contribution in [1.82, 2.24) is 9.80 Å². The van der Waals surface area contributed by atoms with E-state index in [1.54, 1.807) is 4.90 Å². The van der Waals surface area contributed by atoms with Crippen molar-refractivity contribution >= 4 is 5.91 Å². The summed E-state index contributed by atoms with van der Waals surface area (Å²) in [5.74, 6) is 0.672. The Morgan fingerprint density at radius 2 is 1.64 bits per heavy atom. The molecule has 198 valence electrons. The van der Waals surface area contributed by atoms with Crippen molar-refractivity contribution in [2.24, 2.45) is 5.73 Å². The molecule has 1 aliphatic heterocycles. The molecule has 36 heavy (non-hydrogen) atoms. The molecule has 0 aliphatic carbocycles. The van der Waals surface area contributed by atoms with Gasteiger partial charge >= 0.3 is 6.18 Å². The zero-order chi connectivity index (χ0) is 26.5. The predicted octanol–water partition coefficient (Wildman–Crippen LogP) is 5.74. The predicted molar refractivity (Wildman–Crippen MR) is 136 cm³/mol. The molecule has 1 heterocycles. The van der Waals surface area contributed by atoms with E-state index in [1.165, 1.54) is 23.3 Å². The topological polar surface area (TPSA) is 58.8 Å². The van der Waals surface area contributed by atoms with Gasteiger partial charge in [-0.15, -0.1) is 0 Å². The third-order valence-electron chi connectivity index (χ3n) is 7.23. The van der Waals surface area contributed by atoms with Gasteiger partial charge in [0.15, 0.2) is 0 Å². The van der Waals surface area contributed by atoms with Gasteiger partial charge in [-0.3, -0.25) is 9.69 Å². The van der Waals surface area contributed by atoms with E-state index in [9.17, 15) is 18.0 Å². The van der Waals surface area contributed by atoms with Crippen LogP contribution in [0.1, 0.15) is 71.8 Å². The highest BCUT2D eigenvalue weighted by Gasteiger charge is 2.31. The Balaban J connectivity index is 1.63. The van der Waals surface area contributed by atoms with Gasteiger partial charge in [0, 0.05) is 37.8 Å².